The molecule has 0 saturated carbocycles. The van der Waals surface area contributed by atoms with E-state index in [-0.39, 0.29) is 0 Å². The Morgan fingerprint density at radius 1 is 0.409 bits per heavy atom. The van der Waals surface area contributed by atoms with E-state index in [1.807, 2.05) is 6.07 Å². The van der Waals surface area contributed by atoms with Crippen LogP contribution in [0.4, 0.5) is 17.1 Å². The van der Waals surface area contributed by atoms with Gasteiger partial charge in [0.25, 0.3) is 0 Å². The monoisotopic (exact) mass is 561 g/mol. The van der Waals surface area contributed by atoms with Crippen LogP contribution < -0.4 is 4.90 Å². The van der Waals surface area contributed by atoms with Crippen molar-refractivity contribution >= 4 is 17.1 Å². The third-order valence-electron chi connectivity index (χ3n) is 9.06. The van der Waals surface area contributed by atoms with Gasteiger partial charge in [-0.2, -0.15) is 0 Å². The summed E-state index contributed by atoms with van der Waals surface area (Å²) in [5.41, 5.74) is 12.8. The maximum atomic E-state index is 5.42. The van der Waals surface area contributed by atoms with E-state index in [1.54, 1.807) is 0 Å². The average Bonchev–Trinajstić information content (AvgIpc) is 3.40. The van der Waals surface area contributed by atoms with E-state index >= 15 is 0 Å². The Kier molecular flexibility index (Phi) is 5.41. The van der Waals surface area contributed by atoms with Crippen LogP contribution in [0.15, 0.2) is 164 Å². The van der Waals surface area contributed by atoms with Crippen LogP contribution in [0.3, 0.4) is 0 Å². The summed E-state index contributed by atoms with van der Waals surface area (Å²) in [6.07, 6.45) is 0. The highest BCUT2D eigenvalue weighted by Gasteiger charge is 2.54. The molecule has 3 nitrogen and oxygen atoms in total. The highest BCUT2D eigenvalue weighted by molar-refractivity contribution is 5.97. The van der Waals surface area contributed by atoms with E-state index < -0.39 is 5.41 Å². The Morgan fingerprint density at radius 3 is 1.52 bits per heavy atom. The number of aromatic nitrogens is 2. The standard InChI is InChI=1S/C41H27N3/c1-4-16-28(17-5-1)38-37-39(43-40(42-38)29-18-6-2-7-19-29)31-22-10-11-23-32(31)41(37)33-24-12-14-26-35(33)44(30-20-8-3-9-21-30)36-27-15-13-25-34(36)41/h1-27H. The summed E-state index contributed by atoms with van der Waals surface area (Å²) in [7, 11) is 0. The molecule has 206 valence electrons. The van der Waals surface area contributed by atoms with Crippen molar-refractivity contribution in [2.45, 2.75) is 5.41 Å². The fourth-order valence-corrected chi connectivity index (χ4v) is 7.34. The number of nitrogens with zero attached hydrogens (tertiary/aromatic N) is 3. The van der Waals surface area contributed by atoms with E-state index in [4.69, 9.17) is 9.97 Å². The highest BCUT2D eigenvalue weighted by atomic mass is 15.2. The normalized spacial score (nSPS) is 13.6. The first kappa shape index (κ1) is 24.8. The number of anilines is 3. The van der Waals surface area contributed by atoms with Crippen molar-refractivity contribution in [3.05, 3.63) is 186 Å². The van der Waals surface area contributed by atoms with E-state index in [0.717, 1.165) is 56.5 Å². The van der Waals surface area contributed by atoms with Crippen LogP contribution in [0.1, 0.15) is 22.3 Å². The topological polar surface area (TPSA) is 29.0 Å². The molecule has 0 atom stereocenters. The number of hydrogen-bond donors (Lipinski definition) is 0. The molecule has 2 aliphatic rings. The van der Waals surface area contributed by atoms with Crippen molar-refractivity contribution < 1.29 is 0 Å². The van der Waals surface area contributed by atoms with Gasteiger partial charge < -0.3 is 4.90 Å². The summed E-state index contributed by atoms with van der Waals surface area (Å²) in [6.45, 7) is 0. The lowest BCUT2D eigenvalue weighted by atomic mass is 9.64. The highest BCUT2D eigenvalue weighted by Crippen LogP contribution is 2.64. The Morgan fingerprint density at radius 2 is 0.886 bits per heavy atom. The fourth-order valence-electron chi connectivity index (χ4n) is 7.34. The van der Waals surface area contributed by atoms with Gasteiger partial charge in [0.2, 0.25) is 0 Å². The van der Waals surface area contributed by atoms with Crippen LogP contribution in [0, 0.1) is 0 Å². The zero-order valence-electron chi connectivity index (χ0n) is 23.9. The minimum absolute atomic E-state index is 0.620. The second kappa shape index (κ2) is 9.62. The van der Waals surface area contributed by atoms with Gasteiger partial charge in [-0.3, -0.25) is 0 Å². The molecule has 1 aliphatic carbocycles. The quantitative estimate of drug-likeness (QED) is 0.215. The van der Waals surface area contributed by atoms with E-state index in [1.165, 1.54) is 16.7 Å². The van der Waals surface area contributed by atoms with Gasteiger partial charge in [-0.25, -0.2) is 9.97 Å². The molecule has 0 radical (unpaired) electrons. The van der Waals surface area contributed by atoms with Crippen LogP contribution in [0.25, 0.3) is 33.9 Å². The molecule has 1 aliphatic heterocycles. The molecular weight excluding hydrogens is 534 g/mol. The SMILES string of the molecule is c1ccc(-c2nc(-c3ccccc3)c3c(n2)-c2ccccc2C32c3ccccc3N(c3ccccc3)c3ccccc32)cc1. The number of fused-ring (bicyclic) bond motifs is 9. The Bertz CT molecular complexity index is 2120. The molecule has 0 fully saturated rings. The van der Waals surface area contributed by atoms with Crippen LogP contribution in [-0.4, -0.2) is 9.97 Å². The average molecular weight is 562 g/mol. The van der Waals surface area contributed by atoms with Gasteiger partial charge >= 0.3 is 0 Å². The molecule has 0 amide bonds. The first-order valence-electron chi connectivity index (χ1n) is 15.0. The first-order chi connectivity index (χ1) is 21.9. The van der Waals surface area contributed by atoms with Crippen LogP contribution in [0.5, 0.6) is 0 Å². The van der Waals surface area contributed by atoms with Gasteiger partial charge in [0.05, 0.1) is 28.2 Å². The first-order valence-corrected chi connectivity index (χ1v) is 15.0. The summed E-state index contributed by atoms with van der Waals surface area (Å²) in [4.78, 5) is 13.2. The van der Waals surface area contributed by atoms with Gasteiger partial charge in [0.1, 0.15) is 0 Å². The zero-order chi connectivity index (χ0) is 29.1. The number of benzene rings is 6. The minimum Gasteiger partial charge on any atom is -0.310 e. The smallest absolute Gasteiger partial charge is 0.160 e. The minimum atomic E-state index is -0.620. The molecule has 1 spiro atoms. The molecule has 7 aromatic rings. The molecule has 3 heteroatoms. The van der Waals surface area contributed by atoms with Crippen LogP contribution in [0.2, 0.25) is 0 Å². The van der Waals surface area contributed by atoms with Crippen molar-refractivity contribution in [3.8, 4) is 33.9 Å². The Labute approximate surface area is 256 Å². The Balaban J connectivity index is 1.46. The summed E-state index contributed by atoms with van der Waals surface area (Å²) in [5.74, 6) is 0.735. The number of hydrogen-bond acceptors (Lipinski definition) is 3. The summed E-state index contributed by atoms with van der Waals surface area (Å²) in [5, 5.41) is 0. The van der Waals surface area contributed by atoms with Crippen molar-refractivity contribution in [3.63, 3.8) is 0 Å². The summed E-state index contributed by atoms with van der Waals surface area (Å²) >= 11 is 0. The molecular formula is C41H27N3. The lowest BCUT2D eigenvalue weighted by Crippen LogP contribution is -2.36. The zero-order valence-corrected chi connectivity index (χ0v) is 23.9. The molecule has 0 saturated heterocycles. The predicted octanol–water partition coefficient (Wildman–Crippen LogP) is 9.96. The largest absolute Gasteiger partial charge is 0.310 e. The molecule has 0 unspecified atom stereocenters. The third kappa shape index (κ3) is 3.38. The van der Waals surface area contributed by atoms with E-state index in [0.29, 0.717) is 0 Å². The van der Waals surface area contributed by atoms with Crippen LogP contribution >= 0.6 is 0 Å². The van der Waals surface area contributed by atoms with Crippen LogP contribution in [-0.2, 0) is 5.41 Å². The summed E-state index contributed by atoms with van der Waals surface area (Å²) in [6, 6.07) is 58.1. The van der Waals surface area contributed by atoms with E-state index in [2.05, 4.69) is 163 Å². The van der Waals surface area contributed by atoms with E-state index in [9.17, 15) is 0 Å². The molecule has 1 aromatic heterocycles. The third-order valence-corrected chi connectivity index (χ3v) is 9.06. The van der Waals surface area contributed by atoms with Gasteiger partial charge in [0, 0.05) is 27.9 Å². The van der Waals surface area contributed by atoms with Crippen molar-refractivity contribution in [2.75, 3.05) is 4.90 Å². The molecule has 9 rings (SSSR count). The van der Waals surface area contributed by atoms with Crippen molar-refractivity contribution in [1.29, 1.82) is 0 Å². The molecule has 2 heterocycles. The molecule has 0 N–H and O–H groups in total. The number of rotatable bonds is 3. The lowest BCUT2D eigenvalue weighted by Gasteiger charge is -2.45. The summed E-state index contributed by atoms with van der Waals surface area (Å²) < 4.78 is 0. The van der Waals surface area contributed by atoms with Crippen molar-refractivity contribution in [1.82, 2.24) is 9.97 Å². The maximum Gasteiger partial charge on any atom is 0.160 e. The lowest BCUT2D eigenvalue weighted by molar-refractivity contribution is 0.748. The number of para-hydroxylation sites is 3. The molecule has 6 aromatic carbocycles. The predicted molar refractivity (Wildman–Crippen MR) is 178 cm³/mol. The van der Waals surface area contributed by atoms with Gasteiger partial charge in [-0.05, 0) is 41.0 Å². The molecule has 44 heavy (non-hydrogen) atoms. The second-order valence-corrected chi connectivity index (χ2v) is 11.4. The maximum absolute atomic E-state index is 5.42. The Hall–Kier alpha value is -5.80. The van der Waals surface area contributed by atoms with Gasteiger partial charge in [-0.1, -0.05) is 140 Å². The molecule has 0 bridgehead atoms. The van der Waals surface area contributed by atoms with Gasteiger partial charge in [0.15, 0.2) is 5.82 Å². The fraction of sp³-hybridized carbons (Fsp3) is 0.0244. The van der Waals surface area contributed by atoms with Gasteiger partial charge in [-0.15, -0.1) is 0 Å². The second-order valence-electron chi connectivity index (χ2n) is 11.4. The van der Waals surface area contributed by atoms with Crippen molar-refractivity contribution in [2.24, 2.45) is 0 Å².